The van der Waals surface area contributed by atoms with Crippen molar-refractivity contribution < 1.29 is 19.1 Å². The molecule has 0 aliphatic heterocycles. The molecule has 2 aromatic carbocycles. The predicted molar refractivity (Wildman–Crippen MR) is 91.8 cm³/mol. The Morgan fingerprint density at radius 1 is 1.13 bits per heavy atom. The number of ketones is 1. The summed E-state index contributed by atoms with van der Waals surface area (Å²) in [5.41, 5.74) is 0.549. The normalized spacial score (nSPS) is 10.3. The van der Waals surface area contributed by atoms with E-state index in [0.29, 0.717) is 20.8 Å². The number of esters is 1. The average molecular weight is 418 g/mol. The van der Waals surface area contributed by atoms with Crippen LogP contribution >= 0.6 is 39.1 Å². The molecular formula is C16H11BrCl2O4. The smallest absolute Gasteiger partial charge is 0.338 e. The fourth-order valence-electron chi connectivity index (χ4n) is 1.80. The minimum atomic E-state index is -0.619. The molecule has 0 saturated heterocycles. The van der Waals surface area contributed by atoms with Gasteiger partial charge in [0.15, 0.2) is 6.61 Å². The standard InChI is InChI=1S/C16H11BrCl2O4/c1-22-15-5-2-9(6-12(15)17)16(21)23-8-14(20)11-4-3-10(18)7-13(11)19/h2-7H,8H2,1H3. The van der Waals surface area contributed by atoms with Gasteiger partial charge in [0.05, 0.1) is 22.2 Å². The Morgan fingerprint density at radius 2 is 1.87 bits per heavy atom. The van der Waals surface area contributed by atoms with Gasteiger partial charge in [-0.25, -0.2) is 4.79 Å². The van der Waals surface area contributed by atoms with Crippen molar-refractivity contribution in [1.29, 1.82) is 0 Å². The highest BCUT2D eigenvalue weighted by Gasteiger charge is 2.15. The van der Waals surface area contributed by atoms with Gasteiger partial charge in [-0.2, -0.15) is 0 Å². The van der Waals surface area contributed by atoms with E-state index in [1.165, 1.54) is 19.2 Å². The number of methoxy groups -OCH3 is 1. The third-order valence-corrected chi connectivity index (χ3v) is 4.12. The van der Waals surface area contributed by atoms with Crippen LogP contribution in [0.2, 0.25) is 10.0 Å². The van der Waals surface area contributed by atoms with Gasteiger partial charge in [0.25, 0.3) is 0 Å². The summed E-state index contributed by atoms with van der Waals surface area (Å²) in [6.45, 7) is -0.413. The van der Waals surface area contributed by atoms with E-state index in [1.807, 2.05) is 0 Å². The molecule has 0 unspecified atom stereocenters. The second-order valence-corrected chi connectivity index (χ2v) is 6.17. The Bertz CT molecular complexity index is 762. The molecule has 0 aliphatic rings. The number of rotatable bonds is 5. The first-order valence-electron chi connectivity index (χ1n) is 6.41. The number of ether oxygens (including phenoxy) is 2. The molecule has 0 aliphatic carbocycles. The van der Waals surface area contributed by atoms with Crippen molar-refractivity contribution in [2.45, 2.75) is 0 Å². The van der Waals surface area contributed by atoms with Gasteiger partial charge in [-0.15, -0.1) is 0 Å². The molecule has 0 radical (unpaired) electrons. The van der Waals surface area contributed by atoms with Crippen molar-refractivity contribution in [2.75, 3.05) is 13.7 Å². The van der Waals surface area contributed by atoms with E-state index < -0.39 is 18.4 Å². The fourth-order valence-corrected chi connectivity index (χ4v) is 2.86. The molecule has 0 saturated carbocycles. The van der Waals surface area contributed by atoms with Crippen molar-refractivity contribution in [2.24, 2.45) is 0 Å². The molecule has 0 aromatic heterocycles. The van der Waals surface area contributed by atoms with E-state index in [4.69, 9.17) is 32.7 Å². The van der Waals surface area contributed by atoms with Crippen LogP contribution < -0.4 is 4.74 Å². The molecule has 2 aromatic rings. The van der Waals surface area contributed by atoms with Crippen molar-refractivity contribution >= 4 is 50.9 Å². The Labute approximate surface area is 151 Å². The summed E-state index contributed by atoms with van der Waals surface area (Å²) in [4.78, 5) is 24.0. The molecule has 4 nitrogen and oxygen atoms in total. The Balaban J connectivity index is 2.04. The van der Waals surface area contributed by atoms with Crippen LogP contribution in [0.15, 0.2) is 40.9 Å². The number of hydrogen-bond acceptors (Lipinski definition) is 4. The molecule has 2 rings (SSSR count). The first kappa shape index (κ1) is 17.8. The van der Waals surface area contributed by atoms with Gasteiger partial charge in [-0.1, -0.05) is 23.2 Å². The minimum Gasteiger partial charge on any atom is -0.496 e. The first-order chi connectivity index (χ1) is 10.9. The van der Waals surface area contributed by atoms with Crippen LogP contribution in [-0.2, 0) is 4.74 Å². The van der Waals surface area contributed by atoms with Crippen LogP contribution in [0.1, 0.15) is 20.7 Å². The van der Waals surface area contributed by atoms with Crippen molar-refractivity contribution in [3.05, 3.63) is 62.0 Å². The van der Waals surface area contributed by atoms with Gasteiger partial charge in [-0.3, -0.25) is 4.79 Å². The van der Waals surface area contributed by atoms with E-state index in [9.17, 15) is 9.59 Å². The predicted octanol–water partition coefficient (Wildman–Crippen LogP) is 4.80. The summed E-state index contributed by atoms with van der Waals surface area (Å²) in [5, 5.41) is 0.636. The number of hydrogen-bond donors (Lipinski definition) is 0. The number of benzene rings is 2. The van der Waals surface area contributed by atoms with Crippen molar-refractivity contribution in [3.8, 4) is 5.75 Å². The van der Waals surface area contributed by atoms with Crippen LogP contribution in [0.5, 0.6) is 5.75 Å². The van der Waals surface area contributed by atoms with Crippen LogP contribution in [0, 0.1) is 0 Å². The Morgan fingerprint density at radius 3 is 2.48 bits per heavy atom. The molecular weight excluding hydrogens is 407 g/mol. The molecule has 120 valence electrons. The lowest BCUT2D eigenvalue weighted by molar-refractivity contribution is 0.0474. The molecule has 0 fully saturated rings. The largest absolute Gasteiger partial charge is 0.496 e. The minimum absolute atomic E-state index is 0.214. The molecule has 0 heterocycles. The highest BCUT2D eigenvalue weighted by Crippen LogP contribution is 2.26. The first-order valence-corrected chi connectivity index (χ1v) is 7.96. The van der Waals surface area contributed by atoms with Gasteiger partial charge < -0.3 is 9.47 Å². The lowest BCUT2D eigenvalue weighted by atomic mass is 10.1. The molecule has 23 heavy (non-hydrogen) atoms. The molecule has 0 bridgehead atoms. The monoisotopic (exact) mass is 416 g/mol. The fraction of sp³-hybridized carbons (Fsp3) is 0.125. The maximum Gasteiger partial charge on any atom is 0.338 e. The van der Waals surface area contributed by atoms with Crippen molar-refractivity contribution in [1.82, 2.24) is 0 Å². The number of halogens is 3. The average Bonchev–Trinajstić information content (AvgIpc) is 2.52. The molecule has 0 spiro atoms. The highest BCUT2D eigenvalue weighted by molar-refractivity contribution is 9.10. The second kappa shape index (κ2) is 7.81. The summed E-state index contributed by atoms with van der Waals surface area (Å²) < 4.78 is 10.7. The molecule has 0 atom stereocenters. The quantitative estimate of drug-likeness (QED) is 0.517. The van der Waals surface area contributed by atoms with Crippen LogP contribution in [0.4, 0.5) is 0 Å². The Hall–Kier alpha value is -1.56. The topological polar surface area (TPSA) is 52.6 Å². The number of Topliss-reactive ketones (excluding diaryl/α,β-unsaturated/α-hetero) is 1. The molecule has 0 N–H and O–H groups in total. The SMILES string of the molecule is COc1ccc(C(=O)OCC(=O)c2ccc(Cl)cc2Cl)cc1Br. The van der Waals surface area contributed by atoms with Crippen LogP contribution in [0.3, 0.4) is 0 Å². The van der Waals surface area contributed by atoms with E-state index in [0.717, 1.165) is 0 Å². The van der Waals surface area contributed by atoms with Gasteiger partial charge in [0.2, 0.25) is 5.78 Å². The van der Waals surface area contributed by atoms with E-state index in [1.54, 1.807) is 24.3 Å². The van der Waals surface area contributed by atoms with Gasteiger partial charge >= 0.3 is 5.97 Å². The zero-order valence-corrected chi connectivity index (χ0v) is 15.0. The van der Waals surface area contributed by atoms with Gasteiger partial charge in [-0.05, 0) is 52.3 Å². The zero-order chi connectivity index (χ0) is 17.0. The molecule has 7 heteroatoms. The lowest BCUT2D eigenvalue weighted by Crippen LogP contribution is -2.14. The maximum absolute atomic E-state index is 12.0. The maximum atomic E-state index is 12.0. The zero-order valence-electron chi connectivity index (χ0n) is 11.9. The molecule has 0 amide bonds. The summed E-state index contributed by atoms with van der Waals surface area (Å²) >= 11 is 15.0. The third-order valence-electron chi connectivity index (χ3n) is 2.95. The summed E-state index contributed by atoms with van der Waals surface area (Å²) in [5.74, 6) is -0.440. The van der Waals surface area contributed by atoms with E-state index in [-0.39, 0.29) is 10.6 Å². The summed E-state index contributed by atoms with van der Waals surface area (Å²) in [6, 6.07) is 9.22. The lowest BCUT2D eigenvalue weighted by Gasteiger charge is -2.08. The number of carbonyl (C=O) groups excluding carboxylic acids is 2. The van der Waals surface area contributed by atoms with Gasteiger partial charge in [0.1, 0.15) is 5.75 Å². The van der Waals surface area contributed by atoms with E-state index in [2.05, 4.69) is 15.9 Å². The van der Waals surface area contributed by atoms with E-state index >= 15 is 0 Å². The Kier molecular flexibility index (Phi) is 6.04. The van der Waals surface area contributed by atoms with Crippen LogP contribution in [0.25, 0.3) is 0 Å². The van der Waals surface area contributed by atoms with Crippen LogP contribution in [-0.4, -0.2) is 25.5 Å². The summed E-state index contributed by atoms with van der Waals surface area (Å²) in [7, 11) is 1.52. The van der Waals surface area contributed by atoms with Crippen molar-refractivity contribution in [3.63, 3.8) is 0 Å². The summed E-state index contributed by atoms with van der Waals surface area (Å²) in [6.07, 6.45) is 0. The highest BCUT2D eigenvalue weighted by atomic mass is 79.9. The van der Waals surface area contributed by atoms with Gasteiger partial charge in [0, 0.05) is 10.6 Å². The second-order valence-electron chi connectivity index (χ2n) is 4.47. The number of carbonyl (C=O) groups is 2. The third kappa shape index (κ3) is 4.47.